The maximum absolute atomic E-state index is 6.23. The van der Waals surface area contributed by atoms with Crippen LogP contribution in [0.25, 0.3) is 0 Å². The van der Waals surface area contributed by atoms with E-state index in [1.807, 2.05) is 0 Å². The Kier molecular flexibility index (Phi) is 13.5. The van der Waals surface area contributed by atoms with Crippen molar-refractivity contribution in [2.75, 3.05) is 5.33 Å². The molecule has 0 aromatic rings. The van der Waals surface area contributed by atoms with Crippen LogP contribution in [0.15, 0.2) is 0 Å². The van der Waals surface area contributed by atoms with Gasteiger partial charge in [0, 0.05) is 11.4 Å². The molecule has 0 aliphatic rings. The van der Waals surface area contributed by atoms with Gasteiger partial charge in [-0.15, -0.1) is 0 Å². The summed E-state index contributed by atoms with van der Waals surface area (Å²) in [5.74, 6) is 0. The molecule has 0 spiro atoms. The van der Waals surface area contributed by atoms with Crippen molar-refractivity contribution in [1.29, 1.82) is 0 Å². The quantitative estimate of drug-likeness (QED) is 0.197. The SMILES string of the molecule is C[SiH](C)OC(CCCCCCCCCCCBr)C(C)(C)C. The Bertz CT molecular complexity index is 226. The second-order valence-corrected chi connectivity index (χ2v) is 10.9. The predicted octanol–water partition coefficient (Wildman–Crippen LogP) is 6.70. The molecular weight excluding hydrogens is 340 g/mol. The van der Waals surface area contributed by atoms with Gasteiger partial charge in [0.25, 0.3) is 0 Å². The fourth-order valence-electron chi connectivity index (χ4n) is 2.70. The van der Waals surface area contributed by atoms with Crippen molar-refractivity contribution >= 4 is 25.0 Å². The maximum Gasteiger partial charge on any atom is 0.171 e. The predicted molar refractivity (Wildman–Crippen MR) is 103 cm³/mol. The number of alkyl halides is 1. The average Bonchev–Trinajstić information content (AvgIpc) is 2.38. The number of rotatable bonds is 13. The monoisotopic (exact) mass is 378 g/mol. The highest BCUT2D eigenvalue weighted by atomic mass is 79.9. The van der Waals surface area contributed by atoms with Crippen molar-refractivity contribution in [3.8, 4) is 0 Å². The van der Waals surface area contributed by atoms with Crippen LogP contribution in [0.4, 0.5) is 0 Å². The molecular formula is C18H39BrOSi. The van der Waals surface area contributed by atoms with Crippen molar-refractivity contribution in [3.05, 3.63) is 0 Å². The van der Waals surface area contributed by atoms with Gasteiger partial charge in [-0.2, -0.15) is 0 Å². The van der Waals surface area contributed by atoms with Crippen LogP contribution in [0.1, 0.15) is 85.0 Å². The summed E-state index contributed by atoms with van der Waals surface area (Å²) in [5, 5.41) is 1.17. The van der Waals surface area contributed by atoms with Gasteiger partial charge in [-0.3, -0.25) is 0 Å². The van der Waals surface area contributed by atoms with Gasteiger partial charge < -0.3 is 4.43 Å². The molecule has 0 radical (unpaired) electrons. The summed E-state index contributed by atoms with van der Waals surface area (Å²) in [7, 11) is -0.916. The van der Waals surface area contributed by atoms with Gasteiger partial charge >= 0.3 is 0 Å². The van der Waals surface area contributed by atoms with Gasteiger partial charge in [0.05, 0.1) is 0 Å². The third kappa shape index (κ3) is 14.0. The largest absolute Gasteiger partial charge is 0.417 e. The number of halogens is 1. The van der Waals surface area contributed by atoms with E-state index < -0.39 is 9.04 Å². The van der Waals surface area contributed by atoms with Crippen molar-refractivity contribution in [3.63, 3.8) is 0 Å². The molecule has 0 bridgehead atoms. The molecule has 0 aromatic carbocycles. The number of hydrogen-bond acceptors (Lipinski definition) is 1. The zero-order valence-corrected chi connectivity index (χ0v) is 18.0. The Balaban J connectivity index is 3.54. The molecule has 0 fully saturated rings. The third-order valence-electron chi connectivity index (χ3n) is 4.00. The van der Waals surface area contributed by atoms with E-state index in [0.717, 1.165) is 0 Å². The second kappa shape index (κ2) is 13.1. The van der Waals surface area contributed by atoms with E-state index in [0.29, 0.717) is 11.5 Å². The molecule has 0 N–H and O–H groups in total. The summed E-state index contributed by atoms with van der Waals surface area (Å²) in [6.07, 6.45) is 14.3. The summed E-state index contributed by atoms with van der Waals surface area (Å²) in [6, 6.07) is 0. The van der Waals surface area contributed by atoms with Crippen LogP contribution in [-0.4, -0.2) is 20.5 Å². The molecule has 0 aliphatic carbocycles. The first-order chi connectivity index (χ1) is 9.88. The fourth-order valence-corrected chi connectivity index (χ4v) is 4.29. The van der Waals surface area contributed by atoms with Crippen molar-refractivity contribution in [2.24, 2.45) is 5.41 Å². The average molecular weight is 379 g/mol. The summed E-state index contributed by atoms with van der Waals surface area (Å²) in [5.41, 5.74) is 0.298. The molecule has 21 heavy (non-hydrogen) atoms. The molecule has 0 saturated heterocycles. The smallest absolute Gasteiger partial charge is 0.171 e. The van der Waals surface area contributed by atoms with Crippen LogP contribution in [0, 0.1) is 5.41 Å². The van der Waals surface area contributed by atoms with Crippen LogP contribution in [0.2, 0.25) is 13.1 Å². The van der Waals surface area contributed by atoms with Crippen LogP contribution in [0.5, 0.6) is 0 Å². The van der Waals surface area contributed by atoms with Crippen LogP contribution < -0.4 is 0 Å². The Morgan fingerprint density at radius 1 is 0.810 bits per heavy atom. The van der Waals surface area contributed by atoms with Crippen molar-refractivity contribution < 1.29 is 4.43 Å². The highest BCUT2D eigenvalue weighted by Gasteiger charge is 2.25. The lowest BCUT2D eigenvalue weighted by Crippen LogP contribution is -2.33. The molecule has 0 saturated carbocycles. The second-order valence-electron chi connectivity index (χ2n) is 7.70. The molecule has 0 rings (SSSR count). The Hall–Kier alpha value is 0.657. The molecule has 1 unspecified atom stereocenters. The molecule has 0 aromatic heterocycles. The zero-order valence-electron chi connectivity index (χ0n) is 15.2. The topological polar surface area (TPSA) is 9.23 Å². The van der Waals surface area contributed by atoms with Gasteiger partial charge in [0.2, 0.25) is 0 Å². The minimum Gasteiger partial charge on any atom is -0.417 e. The van der Waals surface area contributed by atoms with Crippen molar-refractivity contribution in [2.45, 2.75) is 104 Å². The van der Waals surface area contributed by atoms with Crippen LogP contribution >= 0.6 is 15.9 Å². The lowest BCUT2D eigenvalue weighted by Gasteiger charge is -2.32. The molecule has 0 amide bonds. The van der Waals surface area contributed by atoms with Gasteiger partial charge in [-0.1, -0.05) is 88.1 Å². The molecule has 0 aliphatic heterocycles. The Morgan fingerprint density at radius 2 is 1.24 bits per heavy atom. The highest BCUT2D eigenvalue weighted by molar-refractivity contribution is 9.09. The van der Waals surface area contributed by atoms with E-state index in [4.69, 9.17) is 4.43 Å². The lowest BCUT2D eigenvalue weighted by atomic mass is 9.86. The highest BCUT2D eigenvalue weighted by Crippen LogP contribution is 2.27. The van der Waals surface area contributed by atoms with E-state index in [1.165, 1.54) is 69.5 Å². The van der Waals surface area contributed by atoms with Gasteiger partial charge in [0.1, 0.15) is 0 Å². The van der Waals surface area contributed by atoms with E-state index in [9.17, 15) is 0 Å². The van der Waals surface area contributed by atoms with E-state index >= 15 is 0 Å². The summed E-state index contributed by atoms with van der Waals surface area (Å²) in [6.45, 7) is 11.5. The first-order valence-electron chi connectivity index (χ1n) is 9.09. The normalized spacial score (nSPS) is 13.9. The van der Waals surface area contributed by atoms with Gasteiger partial charge in [0.15, 0.2) is 9.04 Å². The van der Waals surface area contributed by atoms with Crippen LogP contribution in [0.3, 0.4) is 0 Å². The molecule has 128 valence electrons. The number of unbranched alkanes of at least 4 members (excludes halogenated alkanes) is 8. The summed E-state index contributed by atoms with van der Waals surface area (Å²) in [4.78, 5) is 0. The minimum atomic E-state index is -0.916. The standard InChI is InChI=1S/C18H39BrOSi/c1-18(2,3)17(20-21(4)5)15-13-11-9-7-6-8-10-12-14-16-19/h17,21H,6-16H2,1-5H3. The summed E-state index contributed by atoms with van der Waals surface area (Å²) >= 11 is 3.49. The van der Waals surface area contributed by atoms with E-state index in [2.05, 4.69) is 49.8 Å². The van der Waals surface area contributed by atoms with E-state index in [1.54, 1.807) is 0 Å². The Morgan fingerprint density at radius 3 is 1.62 bits per heavy atom. The number of hydrogen-bond donors (Lipinski definition) is 0. The fraction of sp³-hybridized carbons (Fsp3) is 1.00. The lowest BCUT2D eigenvalue weighted by molar-refractivity contribution is 0.0759. The third-order valence-corrected chi connectivity index (χ3v) is 5.44. The minimum absolute atomic E-state index is 0.298. The molecule has 0 heterocycles. The molecule has 1 atom stereocenters. The van der Waals surface area contributed by atoms with Crippen LogP contribution in [-0.2, 0) is 4.43 Å². The first kappa shape index (κ1) is 21.7. The zero-order chi connectivity index (χ0) is 16.1. The maximum atomic E-state index is 6.23. The summed E-state index contributed by atoms with van der Waals surface area (Å²) < 4.78 is 6.23. The Labute approximate surface area is 144 Å². The first-order valence-corrected chi connectivity index (χ1v) is 13.0. The van der Waals surface area contributed by atoms with Gasteiger partial charge in [-0.25, -0.2) is 0 Å². The molecule has 1 nitrogen and oxygen atoms in total. The van der Waals surface area contributed by atoms with Crippen molar-refractivity contribution in [1.82, 2.24) is 0 Å². The van der Waals surface area contributed by atoms with Gasteiger partial charge in [-0.05, 0) is 31.4 Å². The van der Waals surface area contributed by atoms with E-state index in [-0.39, 0.29) is 0 Å². The molecule has 3 heteroatoms.